The molecule has 0 saturated heterocycles. The minimum atomic E-state index is 0.0395. The molecular formula is C12H24N4. The van der Waals surface area contributed by atoms with E-state index in [1.807, 2.05) is 19.4 Å². The minimum absolute atomic E-state index is 0.0395. The third-order valence-electron chi connectivity index (χ3n) is 2.55. The largest absolute Gasteiger partial charge is 0.333 e. The number of nitrogens with zero attached hydrogens (tertiary/aromatic N) is 3. The quantitative estimate of drug-likeness (QED) is 0.824. The van der Waals surface area contributed by atoms with Gasteiger partial charge in [-0.15, -0.1) is 0 Å². The lowest BCUT2D eigenvalue weighted by atomic mass is 9.92. The maximum Gasteiger partial charge on any atom is 0.0948 e. The molecule has 0 unspecified atom stereocenters. The van der Waals surface area contributed by atoms with Gasteiger partial charge in [0.25, 0.3) is 0 Å². The van der Waals surface area contributed by atoms with Gasteiger partial charge in [-0.3, -0.25) is 0 Å². The van der Waals surface area contributed by atoms with Crippen LogP contribution >= 0.6 is 0 Å². The Hall–Kier alpha value is -0.870. The van der Waals surface area contributed by atoms with Crippen molar-refractivity contribution in [3.05, 3.63) is 18.2 Å². The fourth-order valence-corrected chi connectivity index (χ4v) is 2.21. The molecule has 1 rings (SSSR count). The zero-order valence-electron chi connectivity index (χ0n) is 11.1. The van der Waals surface area contributed by atoms with E-state index in [2.05, 4.69) is 42.4 Å². The summed E-state index contributed by atoms with van der Waals surface area (Å²) in [6.45, 7) is 8.51. The molecule has 0 spiro atoms. The Morgan fingerprint density at radius 1 is 1.50 bits per heavy atom. The van der Waals surface area contributed by atoms with Gasteiger partial charge in [-0.1, -0.05) is 13.8 Å². The van der Waals surface area contributed by atoms with Crippen LogP contribution < -0.4 is 5.73 Å². The van der Waals surface area contributed by atoms with Crippen molar-refractivity contribution in [2.75, 3.05) is 20.6 Å². The van der Waals surface area contributed by atoms with Crippen LogP contribution in [0.3, 0.4) is 0 Å². The highest BCUT2D eigenvalue weighted by Crippen LogP contribution is 2.21. The van der Waals surface area contributed by atoms with E-state index in [0.29, 0.717) is 0 Å². The molecule has 0 aromatic carbocycles. The Kier molecular flexibility index (Phi) is 4.10. The Morgan fingerprint density at radius 2 is 2.12 bits per heavy atom. The van der Waals surface area contributed by atoms with E-state index in [1.165, 1.54) is 0 Å². The van der Waals surface area contributed by atoms with Crippen LogP contribution in [0.5, 0.6) is 0 Å². The second-order valence-electron chi connectivity index (χ2n) is 5.64. The molecule has 1 aromatic heterocycles. The summed E-state index contributed by atoms with van der Waals surface area (Å²) in [6, 6.07) is 0.0395. The van der Waals surface area contributed by atoms with Crippen molar-refractivity contribution in [2.24, 2.45) is 11.1 Å². The zero-order valence-corrected chi connectivity index (χ0v) is 11.1. The first-order valence-corrected chi connectivity index (χ1v) is 5.72. The van der Waals surface area contributed by atoms with Crippen LogP contribution in [0.25, 0.3) is 0 Å². The predicted molar refractivity (Wildman–Crippen MR) is 67.2 cm³/mol. The fourth-order valence-electron chi connectivity index (χ4n) is 2.21. The second kappa shape index (κ2) is 4.97. The molecule has 1 heterocycles. The number of aromatic nitrogens is 2. The van der Waals surface area contributed by atoms with Crippen LogP contribution in [0, 0.1) is 5.41 Å². The zero-order chi connectivity index (χ0) is 12.3. The van der Waals surface area contributed by atoms with E-state index in [-0.39, 0.29) is 11.5 Å². The van der Waals surface area contributed by atoms with Gasteiger partial charge in [0.05, 0.1) is 12.0 Å². The van der Waals surface area contributed by atoms with Gasteiger partial charge < -0.3 is 15.2 Å². The van der Waals surface area contributed by atoms with Crippen molar-refractivity contribution in [2.45, 2.75) is 33.4 Å². The predicted octanol–water partition coefficient (Wildman–Crippen LogP) is 1.49. The number of rotatable bonds is 5. The fraction of sp³-hybridized carbons (Fsp3) is 0.750. The summed E-state index contributed by atoms with van der Waals surface area (Å²) in [4.78, 5) is 6.39. The van der Waals surface area contributed by atoms with E-state index in [1.54, 1.807) is 0 Å². The van der Waals surface area contributed by atoms with Gasteiger partial charge in [0.15, 0.2) is 0 Å². The summed E-state index contributed by atoms with van der Waals surface area (Å²) in [5.74, 6) is 0. The third kappa shape index (κ3) is 3.61. The first-order valence-electron chi connectivity index (χ1n) is 5.72. The second-order valence-corrected chi connectivity index (χ2v) is 5.64. The first kappa shape index (κ1) is 13.2. The Labute approximate surface area is 98.5 Å². The van der Waals surface area contributed by atoms with E-state index in [9.17, 15) is 0 Å². The molecule has 0 aliphatic heterocycles. The molecule has 0 amide bonds. The van der Waals surface area contributed by atoms with Gasteiger partial charge in [-0.2, -0.15) is 0 Å². The molecule has 92 valence electrons. The summed E-state index contributed by atoms with van der Waals surface area (Å²) in [6.07, 6.45) is 3.73. The smallest absolute Gasteiger partial charge is 0.0948 e. The summed E-state index contributed by atoms with van der Waals surface area (Å²) < 4.78 is 2.16. The summed E-state index contributed by atoms with van der Waals surface area (Å²) in [7, 11) is 4.20. The standard InChI is InChI=1S/C12H24N4/c1-10(13)11-6-14-9-16(11)8-12(2,3)7-15(4)5/h6,9-10H,7-8,13H2,1-5H3/t10-/m1/s1. The molecule has 4 nitrogen and oxygen atoms in total. The molecular weight excluding hydrogens is 200 g/mol. The third-order valence-corrected chi connectivity index (χ3v) is 2.55. The van der Waals surface area contributed by atoms with Gasteiger partial charge in [0, 0.05) is 25.3 Å². The summed E-state index contributed by atoms with van der Waals surface area (Å²) in [5.41, 5.74) is 7.23. The molecule has 1 atom stereocenters. The molecule has 2 N–H and O–H groups in total. The topological polar surface area (TPSA) is 47.1 Å². The first-order chi connectivity index (χ1) is 7.32. The lowest BCUT2D eigenvalue weighted by molar-refractivity contribution is 0.209. The highest BCUT2D eigenvalue weighted by molar-refractivity contribution is 5.03. The lowest BCUT2D eigenvalue weighted by Crippen LogP contribution is -2.33. The Balaban J connectivity index is 2.75. The molecule has 4 heteroatoms. The van der Waals surface area contributed by atoms with Crippen molar-refractivity contribution in [3.63, 3.8) is 0 Å². The molecule has 0 radical (unpaired) electrons. The summed E-state index contributed by atoms with van der Waals surface area (Å²) in [5, 5.41) is 0. The molecule has 16 heavy (non-hydrogen) atoms. The normalized spacial score (nSPS) is 14.4. The molecule has 0 saturated carbocycles. The highest BCUT2D eigenvalue weighted by atomic mass is 15.1. The molecule has 0 bridgehead atoms. The van der Waals surface area contributed by atoms with Crippen molar-refractivity contribution in [3.8, 4) is 0 Å². The van der Waals surface area contributed by atoms with E-state index < -0.39 is 0 Å². The van der Waals surface area contributed by atoms with Crippen LogP contribution in [0.4, 0.5) is 0 Å². The Bertz CT molecular complexity index is 326. The van der Waals surface area contributed by atoms with Gasteiger partial charge in [-0.05, 0) is 26.4 Å². The van der Waals surface area contributed by atoms with Crippen LogP contribution in [-0.4, -0.2) is 35.1 Å². The van der Waals surface area contributed by atoms with Crippen molar-refractivity contribution in [1.29, 1.82) is 0 Å². The molecule has 1 aromatic rings. The average molecular weight is 224 g/mol. The number of nitrogens with two attached hydrogens (primary N) is 1. The van der Waals surface area contributed by atoms with E-state index in [4.69, 9.17) is 5.73 Å². The highest BCUT2D eigenvalue weighted by Gasteiger charge is 2.21. The SMILES string of the molecule is C[C@@H](N)c1cncn1CC(C)(C)CN(C)C. The molecule has 0 aliphatic carbocycles. The average Bonchev–Trinajstić information content (AvgIpc) is 2.48. The monoisotopic (exact) mass is 224 g/mol. The number of hydrogen-bond acceptors (Lipinski definition) is 3. The molecule has 0 fully saturated rings. The van der Waals surface area contributed by atoms with E-state index in [0.717, 1.165) is 18.8 Å². The maximum atomic E-state index is 5.91. The number of hydrogen-bond donors (Lipinski definition) is 1. The van der Waals surface area contributed by atoms with Crippen LogP contribution in [0.1, 0.15) is 32.5 Å². The van der Waals surface area contributed by atoms with Crippen LogP contribution in [-0.2, 0) is 6.54 Å². The maximum absolute atomic E-state index is 5.91. The molecule has 0 aliphatic rings. The number of imidazole rings is 1. The lowest BCUT2D eigenvalue weighted by Gasteiger charge is -2.29. The van der Waals surface area contributed by atoms with E-state index >= 15 is 0 Å². The van der Waals surface area contributed by atoms with Crippen LogP contribution in [0.15, 0.2) is 12.5 Å². The van der Waals surface area contributed by atoms with Crippen molar-refractivity contribution in [1.82, 2.24) is 14.5 Å². The van der Waals surface area contributed by atoms with Gasteiger partial charge in [0.1, 0.15) is 0 Å². The van der Waals surface area contributed by atoms with Gasteiger partial charge in [0.2, 0.25) is 0 Å². The van der Waals surface area contributed by atoms with Crippen molar-refractivity contribution < 1.29 is 0 Å². The minimum Gasteiger partial charge on any atom is -0.333 e. The van der Waals surface area contributed by atoms with Crippen LogP contribution in [0.2, 0.25) is 0 Å². The van der Waals surface area contributed by atoms with Gasteiger partial charge >= 0.3 is 0 Å². The summed E-state index contributed by atoms with van der Waals surface area (Å²) >= 11 is 0. The van der Waals surface area contributed by atoms with Crippen molar-refractivity contribution >= 4 is 0 Å². The van der Waals surface area contributed by atoms with Gasteiger partial charge in [-0.25, -0.2) is 4.98 Å². The Morgan fingerprint density at radius 3 is 2.62 bits per heavy atom.